The number of imidazole rings is 1. The van der Waals surface area contributed by atoms with E-state index in [1.54, 1.807) is 30.6 Å². The molecular formula is C20H22ClN5O2. The highest BCUT2D eigenvalue weighted by Crippen LogP contribution is 2.35. The molecule has 2 heterocycles. The number of nitrogens with zero attached hydrogens (tertiary/aromatic N) is 4. The number of benzene rings is 1. The topological polar surface area (TPSA) is 87.9 Å². The average molecular weight is 400 g/mol. The van der Waals surface area contributed by atoms with Gasteiger partial charge in [0.2, 0.25) is 5.89 Å². The Balaban J connectivity index is 1.48. The first kappa shape index (κ1) is 18.7. The number of hydrogen-bond donors (Lipinski definition) is 1. The normalized spacial score (nSPS) is 19.5. The predicted molar refractivity (Wildman–Crippen MR) is 105 cm³/mol. The zero-order valence-corrected chi connectivity index (χ0v) is 16.6. The minimum Gasteiger partial charge on any atom is -0.419 e. The van der Waals surface area contributed by atoms with E-state index in [0.717, 1.165) is 37.1 Å². The van der Waals surface area contributed by atoms with Crippen LogP contribution in [0, 0.1) is 6.92 Å². The van der Waals surface area contributed by atoms with Crippen LogP contribution in [0.3, 0.4) is 0 Å². The van der Waals surface area contributed by atoms with Crippen molar-refractivity contribution in [2.24, 2.45) is 0 Å². The van der Waals surface area contributed by atoms with Gasteiger partial charge >= 0.3 is 0 Å². The first-order valence-electron chi connectivity index (χ1n) is 9.39. The van der Waals surface area contributed by atoms with Gasteiger partial charge in [0, 0.05) is 29.6 Å². The summed E-state index contributed by atoms with van der Waals surface area (Å²) in [5, 5.41) is 9.00. The summed E-state index contributed by atoms with van der Waals surface area (Å²) in [6.45, 7) is 1.89. The summed E-state index contributed by atoms with van der Waals surface area (Å²) in [6.07, 6.45) is 5.34. The maximum absolute atomic E-state index is 12.8. The molecule has 8 heteroatoms. The van der Waals surface area contributed by atoms with Crippen LogP contribution in [0.5, 0.6) is 0 Å². The first-order valence-corrected chi connectivity index (χ1v) is 9.77. The Hall–Kier alpha value is -2.67. The molecule has 1 N–H and O–H groups in total. The van der Waals surface area contributed by atoms with E-state index in [1.165, 1.54) is 0 Å². The van der Waals surface area contributed by atoms with E-state index in [4.69, 9.17) is 16.0 Å². The van der Waals surface area contributed by atoms with Gasteiger partial charge in [-0.05, 0) is 44.4 Å². The molecule has 2 atom stereocenters. The summed E-state index contributed by atoms with van der Waals surface area (Å²) in [7, 11) is 1.85. The molecule has 0 radical (unpaired) electrons. The molecule has 146 valence electrons. The molecule has 28 heavy (non-hydrogen) atoms. The third kappa shape index (κ3) is 3.67. The van der Waals surface area contributed by atoms with Gasteiger partial charge in [0.05, 0.1) is 12.0 Å². The van der Waals surface area contributed by atoms with E-state index in [0.29, 0.717) is 22.4 Å². The monoisotopic (exact) mass is 399 g/mol. The van der Waals surface area contributed by atoms with E-state index in [1.807, 2.05) is 18.9 Å². The Morgan fingerprint density at radius 2 is 2.18 bits per heavy atom. The third-order valence-electron chi connectivity index (χ3n) is 5.42. The van der Waals surface area contributed by atoms with Crippen molar-refractivity contribution in [1.82, 2.24) is 25.1 Å². The van der Waals surface area contributed by atoms with Crippen LogP contribution in [0.15, 0.2) is 35.0 Å². The van der Waals surface area contributed by atoms with Crippen molar-refractivity contribution in [1.29, 1.82) is 0 Å². The third-order valence-corrected chi connectivity index (χ3v) is 5.65. The van der Waals surface area contributed by atoms with Crippen LogP contribution in [0.1, 0.15) is 53.5 Å². The molecule has 0 bridgehead atoms. The van der Waals surface area contributed by atoms with Crippen molar-refractivity contribution in [3.63, 3.8) is 0 Å². The minimum absolute atomic E-state index is 0.0209. The molecule has 7 nitrogen and oxygen atoms in total. The molecule has 1 saturated carbocycles. The Morgan fingerprint density at radius 1 is 1.32 bits per heavy atom. The zero-order chi connectivity index (χ0) is 19.7. The Labute approximate surface area is 168 Å². The summed E-state index contributed by atoms with van der Waals surface area (Å²) in [5.41, 5.74) is 2.18. The minimum atomic E-state index is -0.0209. The summed E-state index contributed by atoms with van der Waals surface area (Å²) < 4.78 is 5.92. The van der Waals surface area contributed by atoms with E-state index >= 15 is 0 Å². The molecule has 1 aliphatic carbocycles. The van der Waals surface area contributed by atoms with Gasteiger partial charge in [-0.2, -0.15) is 0 Å². The van der Waals surface area contributed by atoms with Crippen molar-refractivity contribution >= 4 is 17.5 Å². The Kier molecular flexibility index (Phi) is 5.17. The van der Waals surface area contributed by atoms with Crippen LogP contribution < -0.4 is 0 Å². The lowest BCUT2D eigenvalue weighted by Crippen LogP contribution is -2.39. The highest BCUT2D eigenvalue weighted by Gasteiger charge is 2.31. The number of rotatable bonds is 4. The number of aromatic amines is 1. The molecule has 1 aromatic carbocycles. The zero-order valence-electron chi connectivity index (χ0n) is 15.9. The second-order valence-electron chi connectivity index (χ2n) is 7.25. The summed E-state index contributed by atoms with van der Waals surface area (Å²) >= 11 is 6.03. The molecule has 0 saturated heterocycles. The fourth-order valence-corrected chi connectivity index (χ4v) is 4.00. The molecule has 0 spiro atoms. The average Bonchev–Trinajstić information content (AvgIpc) is 3.36. The second kappa shape index (κ2) is 7.75. The smallest absolute Gasteiger partial charge is 0.266 e. The summed E-state index contributed by atoms with van der Waals surface area (Å²) in [5.74, 6) is 1.19. The van der Waals surface area contributed by atoms with E-state index in [9.17, 15) is 4.79 Å². The lowest BCUT2D eigenvalue weighted by atomic mass is 9.85. The van der Waals surface area contributed by atoms with Gasteiger partial charge in [0.1, 0.15) is 5.69 Å². The number of carbonyl (C=O) groups is 1. The van der Waals surface area contributed by atoms with Crippen LogP contribution in [0.4, 0.5) is 0 Å². The van der Waals surface area contributed by atoms with Crippen molar-refractivity contribution in [2.75, 3.05) is 7.05 Å². The van der Waals surface area contributed by atoms with Gasteiger partial charge in [-0.25, -0.2) is 4.98 Å². The highest BCUT2D eigenvalue weighted by atomic mass is 35.5. The SMILES string of the molecule is Cc1nc[nH]c1-c1nnc([C@H]2CCC[C@@H](N(C)C(=O)c3cccc(Cl)c3)C2)o1. The number of halogens is 1. The van der Waals surface area contributed by atoms with Gasteiger partial charge in [-0.1, -0.05) is 24.1 Å². The molecular weight excluding hydrogens is 378 g/mol. The van der Waals surface area contributed by atoms with Gasteiger partial charge in [-0.15, -0.1) is 10.2 Å². The Bertz CT molecular complexity index is 982. The number of aryl methyl sites for hydroxylation is 1. The fourth-order valence-electron chi connectivity index (χ4n) is 3.81. The number of amides is 1. The van der Waals surface area contributed by atoms with Gasteiger partial charge in [0.15, 0.2) is 0 Å². The quantitative estimate of drug-likeness (QED) is 0.709. The van der Waals surface area contributed by atoms with Gasteiger partial charge in [-0.3, -0.25) is 4.79 Å². The Morgan fingerprint density at radius 3 is 2.93 bits per heavy atom. The number of H-pyrrole nitrogens is 1. The van der Waals surface area contributed by atoms with Crippen LogP contribution in [-0.4, -0.2) is 44.1 Å². The van der Waals surface area contributed by atoms with E-state index < -0.39 is 0 Å². The number of carbonyl (C=O) groups excluding carboxylic acids is 1. The highest BCUT2D eigenvalue weighted by molar-refractivity contribution is 6.30. The first-order chi connectivity index (χ1) is 13.5. The molecule has 2 aromatic heterocycles. The van der Waals surface area contributed by atoms with Crippen LogP contribution in [0.2, 0.25) is 5.02 Å². The van der Waals surface area contributed by atoms with E-state index in [2.05, 4.69) is 20.2 Å². The molecule has 1 amide bonds. The second-order valence-corrected chi connectivity index (χ2v) is 7.69. The maximum Gasteiger partial charge on any atom is 0.266 e. The molecule has 1 aliphatic rings. The van der Waals surface area contributed by atoms with Crippen molar-refractivity contribution in [2.45, 2.75) is 44.6 Å². The summed E-state index contributed by atoms with van der Waals surface area (Å²) in [6, 6.07) is 7.18. The number of nitrogens with one attached hydrogen (secondary N) is 1. The van der Waals surface area contributed by atoms with Gasteiger partial charge < -0.3 is 14.3 Å². The molecule has 0 aliphatic heterocycles. The molecule has 1 fully saturated rings. The number of aromatic nitrogens is 4. The lowest BCUT2D eigenvalue weighted by molar-refractivity contribution is 0.0680. The standard InChI is InChI=1S/C20H22ClN5O2/c1-12-17(23-11-22-12)19-25-24-18(28-19)13-5-4-8-16(10-13)26(2)20(27)14-6-3-7-15(21)9-14/h3,6-7,9,11,13,16H,4-5,8,10H2,1-2H3,(H,22,23)/t13-,16+/m0/s1. The molecule has 3 aromatic rings. The van der Waals surface area contributed by atoms with Gasteiger partial charge in [0.25, 0.3) is 11.8 Å². The maximum atomic E-state index is 12.8. The van der Waals surface area contributed by atoms with Crippen LogP contribution in [0.25, 0.3) is 11.6 Å². The molecule has 0 unspecified atom stereocenters. The fraction of sp³-hybridized carbons (Fsp3) is 0.400. The lowest BCUT2D eigenvalue weighted by Gasteiger charge is -2.34. The molecule has 4 rings (SSSR count). The van der Waals surface area contributed by atoms with Crippen LogP contribution >= 0.6 is 11.6 Å². The van der Waals surface area contributed by atoms with Crippen LogP contribution in [-0.2, 0) is 0 Å². The predicted octanol–water partition coefficient (Wildman–Crippen LogP) is 4.22. The van der Waals surface area contributed by atoms with Crippen molar-refractivity contribution in [3.05, 3.63) is 52.8 Å². The van der Waals surface area contributed by atoms with E-state index in [-0.39, 0.29) is 17.9 Å². The van der Waals surface area contributed by atoms with Crippen molar-refractivity contribution < 1.29 is 9.21 Å². The summed E-state index contributed by atoms with van der Waals surface area (Å²) in [4.78, 5) is 21.9. The van der Waals surface area contributed by atoms with Crippen molar-refractivity contribution in [3.8, 4) is 11.6 Å². The largest absolute Gasteiger partial charge is 0.419 e. The number of hydrogen-bond acceptors (Lipinski definition) is 5.